The summed E-state index contributed by atoms with van der Waals surface area (Å²) in [5.41, 5.74) is 0.884. The fourth-order valence-electron chi connectivity index (χ4n) is 3.09. The van der Waals surface area contributed by atoms with Crippen molar-refractivity contribution in [2.75, 3.05) is 51.8 Å². The minimum absolute atomic E-state index is 0.0817. The van der Waals surface area contributed by atoms with Crippen LogP contribution in [0.1, 0.15) is 33.3 Å². The highest BCUT2D eigenvalue weighted by Crippen LogP contribution is 2.49. The van der Waals surface area contributed by atoms with E-state index in [9.17, 15) is 19.3 Å². The molecule has 0 spiro atoms. The van der Waals surface area contributed by atoms with Crippen LogP contribution in [0.2, 0.25) is 0 Å². The molecule has 1 rings (SSSR count). The summed E-state index contributed by atoms with van der Waals surface area (Å²) < 4.78 is 46.5. The zero-order valence-corrected chi connectivity index (χ0v) is 21.8. The van der Waals surface area contributed by atoms with Crippen molar-refractivity contribution in [3.8, 4) is 0 Å². The molecule has 0 amide bonds. The third-order valence-electron chi connectivity index (χ3n) is 4.26. The van der Waals surface area contributed by atoms with Gasteiger partial charge in [-0.2, -0.15) is 5.06 Å². The van der Waals surface area contributed by atoms with Gasteiger partial charge in [0.1, 0.15) is 0 Å². The Balaban J connectivity index is 2.86. The van der Waals surface area contributed by atoms with Crippen molar-refractivity contribution in [3.05, 3.63) is 35.9 Å². The number of hydrogen-bond donors (Lipinski definition) is 2. The average molecular weight is 511 g/mol. The lowest BCUT2D eigenvalue weighted by Gasteiger charge is -2.29. The van der Waals surface area contributed by atoms with E-state index in [1.165, 1.54) is 5.06 Å². The molecular weight excluding hydrogens is 472 g/mol. The minimum Gasteiger partial charge on any atom is -0.391 e. The van der Waals surface area contributed by atoms with Gasteiger partial charge in [0.2, 0.25) is 0 Å². The Labute approximate surface area is 197 Å². The smallest absolute Gasteiger partial charge is 0.333 e. The van der Waals surface area contributed by atoms with E-state index in [4.69, 9.17) is 22.9 Å². The molecule has 0 unspecified atom stereocenters. The van der Waals surface area contributed by atoms with Crippen LogP contribution in [0.15, 0.2) is 30.3 Å². The summed E-state index contributed by atoms with van der Waals surface area (Å²) in [4.78, 5) is 5.81. The molecule has 1 aromatic rings. The molecule has 0 bridgehead atoms. The van der Waals surface area contributed by atoms with Gasteiger partial charge in [-0.05, 0) is 33.3 Å². The highest BCUT2D eigenvalue weighted by atomic mass is 31.2. The second-order valence-electron chi connectivity index (χ2n) is 7.17. The van der Waals surface area contributed by atoms with E-state index < -0.39 is 27.4 Å². The molecule has 0 radical (unpaired) electrons. The van der Waals surface area contributed by atoms with E-state index in [1.54, 1.807) is 27.7 Å². The van der Waals surface area contributed by atoms with Crippen LogP contribution in [-0.2, 0) is 38.7 Å². The average Bonchev–Trinajstić information content (AvgIpc) is 2.73. The van der Waals surface area contributed by atoms with Crippen molar-refractivity contribution >= 4 is 15.2 Å². The maximum Gasteiger partial charge on any atom is 0.333 e. The molecule has 192 valence electrons. The van der Waals surface area contributed by atoms with E-state index in [-0.39, 0.29) is 58.4 Å². The van der Waals surface area contributed by atoms with Crippen LogP contribution in [0.5, 0.6) is 0 Å². The minimum atomic E-state index is -3.47. The van der Waals surface area contributed by atoms with Gasteiger partial charge in [0.15, 0.2) is 0 Å². The van der Waals surface area contributed by atoms with Gasteiger partial charge in [-0.15, -0.1) is 0 Å². The van der Waals surface area contributed by atoms with Gasteiger partial charge in [-0.3, -0.25) is 14.0 Å². The molecule has 0 fully saturated rings. The summed E-state index contributed by atoms with van der Waals surface area (Å²) in [6.45, 7) is 7.52. The van der Waals surface area contributed by atoms with Crippen molar-refractivity contribution in [1.82, 2.24) is 5.06 Å². The third-order valence-corrected chi connectivity index (χ3v) is 8.60. The fraction of sp³-hybridized carbons (Fsp3) is 0.714. The van der Waals surface area contributed by atoms with Crippen LogP contribution < -0.4 is 0 Å². The number of benzene rings is 1. The Morgan fingerprint density at radius 1 is 0.758 bits per heavy atom. The van der Waals surface area contributed by atoms with Crippen LogP contribution in [0, 0.1) is 0 Å². The van der Waals surface area contributed by atoms with Crippen LogP contribution in [0.25, 0.3) is 0 Å². The first-order valence-corrected chi connectivity index (χ1v) is 14.7. The molecule has 10 nitrogen and oxygen atoms in total. The van der Waals surface area contributed by atoms with E-state index in [2.05, 4.69) is 0 Å². The molecule has 0 aliphatic heterocycles. The highest BCUT2D eigenvalue weighted by molar-refractivity contribution is 7.54. The predicted molar refractivity (Wildman–Crippen MR) is 126 cm³/mol. The lowest BCUT2D eigenvalue weighted by atomic mass is 10.2. The molecule has 1 aromatic carbocycles. The topological polar surface area (TPSA) is 124 Å². The number of hydrogen-bond acceptors (Lipinski definition) is 10. The lowest BCUT2D eigenvalue weighted by Crippen LogP contribution is -2.40. The Bertz CT molecular complexity index is 678. The largest absolute Gasteiger partial charge is 0.391 e. The first kappa shape index (κ1) is 30.4. The van der Waals surface area contributed by atoms with Crippen molar-refractivity contribution in [2.24, 2.45) is 0 Å². The summed E-state index contributed by atoms with van der Waals surface area (Å²) in [7, 11) is -6.95. The molecule has 0 heterocycles. The van der Waals surface area contributed by atoms with Gasteiger partial charge in [0.25, 0.3) is 0 Å². The Hall–Kier alpha value is -0.640. The van der Waals surface area contributed by atoms with Gasteiger partial charge in [-0.1, -0.05) is 30.3 Å². The molecular formula is C21H39NO9P2. The summed E-state index contributed by atoms with van der Waals surface area (Å²) in [6.07, 6.45) is -2.70. The van der Waals surface area contributed by atoms with Crippen molar-refractivity contribution in [3.63, 3.8) is 0 Å². The van der Waals surface area contributed by atoms with E-state index >= 15 is 0 Å². The Morgan fingerprint density at radius 3 is 1.52 bits per heavy atom. The van der Waals surface area contributed by atoms with Crippen LogP contribution in [0.3, 0.4) is 0 Å². The normalized spacial score (nSPS) is 14.5. The lowest BCUT2D eigenvalue weighted by molar-refractivity contribution is -0.192. The monoisotopic (exact) mass is 511 g/mol. The molecule has 2 atom stereocenters. The fourth-order valence-corrected chi connectivity index (χ4v) is 6.50. The molecule has 0 saturated carbocycles. The number of aliphatic hydroxyl groups is 2. The molecule has 0 aliphatic carbocycles. The third kappa shape index (κ3) is 12.6. The summed E-state index contributed by atoms with van der Waals surface area (Å²) in [5, 5.41) is 22.5. The molecule has 33 heavy (non-hydrogen) atoms. The molecule has 12 heteroatoms. The summed E-state index contributed by atoms with van der Waals surface area (Å²) >= 11 is 0. The van der Waals surface area contributed by atoms with Gasteiger partial charge in [-0.25, -0.2) is 0 Å². The van der Waals surface area contributed by atoms with E-state index in [0.717, 1.165) is 5.56 Å². The van der Waals surface area contributed by atoms with Crippen LogP contribution in [0.4, 0.5) is 0 Å². The Morgan fingerprint density at radius 2 is 1.15 bits per heavy atom. The van der Waals surface area contributed by atoms with Crippen LogP contribution >= 0.6 is 15.2 Å². The van der Waals surface area contributed by atoms with Gasteiger partial charge in [0.05, 0.1) is 70.7 Å². The quantitative estimate of drug-likeness (QED) is 0.210. The van der Waals surface area contributed by atoms with Crippen molar-refractivity contribution in [2.45, 2.75) is 46.5 Å². The van der Waals surface area contributed by atoms with Gasteiger partial charge >= 0.3 is 15.2 Å². The second kappa shape index (κ2) is 16.1. The highest BCUT2D eigenvalue weighted by Gasteiger charge is 2.32. The number of rotatable bonds is 19. The Kier molecular flexibility index (Phi) is 14.8. The number of nitrogens with zero attached hydrogens (tertiary/aromatic N) is 1. The van der Waals surface area contributed by atoms with Gasteiger partial charge in [0, 0.05) is 0 Å². The SMILES string of the molecule is CCOP(=O)(C[C@H](O)CN(C[C@H](O)CP(=O)(OCC)OCC)OCc1ccccc1)OCC. The van der Waals surface area contributed by atoms with Crippen molar-refractivity contribution in [1.29, 1.82) is 0 Å². The summed E-state index contributed by atoms with van der Waals surface area (Å²) in [5.74, 6) is 0. The molecule has 0 aromatic heterocycles. The molecule has 2 N–H and O–H groups in total. The van der Waals surface area contributed by atoms with Gasteiger partial charge < -0.3 is 28.3 Å². The maximum atomic E-state index is 12.8. The molecule has 0 aliphatic rings. The molecule has 0 saturated heterocycles. The zero-order valence-electron chi connectivity index (χ0n) is 20.0. The van der Waals surface area contributed by atoms with E-state index in [0.29, 0.717) is 0 Å². The maximum absolute atomic E-state index is 12.8. The van der Waals surface area contributed by atoms with Crippen LogP contribution in [-0.4, -0.2) is 79.3 Å². The van der Waals surface area contributed by atoms with Crippen molar-refractivity contribution < 1.29 is 42.3 Å². The first-order chi connectivity index (χ1) is 15.7. The standard InChI is InChI=1S/C21H39NO9P2/c1-5-28-32(25,29-6-2)17-20(23)14-22(27-16-19-12-10-9-11-13-19)15-21(24)18-33(26,30-7-3)31-8-4/h9-13,20-21,23-24H,5-8,14-18H2,1-4H3/t20-,21+. The number of hydroxylamine groups is 2. The summed E-state index contributed by atoms with van der Waals surface area (Å²) in [6, 6.07) is 9.37. The predicted octanol–water partition coefficient (Wildman–Crippen LogP) is 3.67. The first-order valence-electron chi connectivity index (χ1n) is 11.2. The number of aliphatic hydroxyl groups excluding tert-OH is 2. The van der Waals surface area contributed by atoms with E-state index in [1.807, 2.05) is 30.3 Å². The second-order valence-corrected chi connectivity index (χ2v) is 11.4. The zero-order chi connectivity index (χ0) is 24.7.